The maximum atomic E-state index is 12.2. The summed E-state index contributed by atoms with van der Waals surface area (Å²) in [6.07, 6.45) is -5.76. The van der Waals surface area contributed by atoms with Crippen LogP contribution in [0.2, 0.25) is 0 Å². The SMILES string of the molecule is CC(=O)c1ccc(C(C)(O)CC(F)(F)F)cc1. The molecule has 1 N–H and O–H groups in total. The van der Waals surface area contributed by atoms with E-state index >= 15 is 0 Å². The molecule has 0 heterocycles. The molecule has 0 fully saturated rings. The molecule has 0 amide bonds. The highest BCUT2D eigenvalue weighted by Crippen LogP contribution is 2.34. The first kappa shape index (κ1) is 13.7. The summed E-state index contributed by atoms with van der Waals surface area (Å²) >= 11 is 0. The fraction of sp³-hybridized carbons (Fsp3) is 0.417. The molecule has 1 unspecified atom stereocenters. The number of Topliss-reactive ketones (excluding diaryl/α,β-unsaturated/α-hetero) is 1. The second-order valence-electron chi connectivity index (χ2n) is 4.20. The van der Waals surface area contributed by atoms with Crippen LogP contribution in [-0.2, 0) is 5.60 Å². The predicted molar refractivity (Wildman–Crippen MR) is 56.7 cm³/mol. The van der Waals surface area contributed by atoms with Gasteiger partial charge >= 0.3 is 6.18 Å². The van der Waals surface area contributed by atoms with Crippen molar-refractivity contribution < 1.29 is 23.1 Å². The Morgan fingerprint density at radius 2 is 1.71 bits per heavy atom. The lowest BCUT2D eigenvalue weighted by molar-refractivity contribution is -0.174. The van der Waals surface area contributed by atoms with Crippen molar-refractivity contribution in [3.8, 4) is 0 Å². The maximum absolute atomic E-state index is 12.2. The minimum atomic E-state index is -4.44. The maximum Gasteiger partial charge on any atom is 0.392 e. The highest BCUT2D eigenvalue weighted by atomic mass is 19.4. The molecule has 1 atom stereocenters. The van der Waals surface area contributed by atoms with Gasteiger partial charge in [0.2, 0.25) is 0 Å². The Balaban J connectivity index is 2.96. The third-order valence-corrected chi connectivity index (χ3v) is 2.46. The summed E-state index contributed by atoms with van der Waals surface area (Å²) in [6.45, 7) is 2.46. The van der Waals surface area contributed by atoms with Gasteiger partial charge in [-0.05, 0) is 19.4 Å². The van der Waals surface area contributed by atoms with Crippen molar-refractivity contribution in [2.75, 3.05) is 0 Å². The second kappa shape index (κ2) is 4.49. The molecule has 2 nitrogen and oxygen atoms in total. The minimum Gasteiger partial charge on any atom is -0.385 e. The highest BCUT2D eigenvalue weighted by Gasteiger charge is 2.39. The summed E-state index contributed by atoms with van der Waals surface area (Å²) in [7, 11) is 0. The zero-order chi connectivity index (χ0) is 13.3. The van der Waals surface area contributed by atoms with Gasteiger partial charge in [-0.3, -0.25) is 4.79 Å². The number of alkyl halides is 3. The van der Waals surface area contributed by atoms with Crippen molar-refractivity contribution in [2.45, 2.75) is 32.0 Å². The van der Waals surface area contributed by atoms with Crippen LogP contribution in [0.1, 0.15) is 36.2 Å². The molecule has 1 aromatic rings. The van der Waals surface area contributed by atoms with Crippen LogP contribution in [-0.4, -0.2) is 17.1 Å². The van der Waals surface area contributed by atoms with Crippen molar-refractivity contribution in [1.82, 2.24) is 0 Å². The van der Waals surface area contributed by atoms with Crippen LogP contribution in [0.3, 0.4) is 0 Å². The first-order valence-electron chi connectivity index (χ1n) is 5.02. The molecule has 0 spiro atoms. The number of aliphatic hydroxyl groups is 1. The Kier molecular flexibility index (Phi) is 3.62. The van der Waals surface area contributed by atoms with Gasteiger partial charge in [-0.25, -0.2) is 0 Å². The number of ketones is 1. The molecule has 94 valence electrons. The van der Waals surface area contributed by atoms with Crippen molar-refractivity contribution in [3.05, 3.63) is 35.4 Å². The first-order chi connectivity index (χ1) is 7.62. The Morgan fingerprint density at radius 3 is 2.06 bits per heavy atom. The number of hydrogen-bond acceptors (Lipinski definition) is 2. The predicted octanol–water partition coefficient (Wildman–Crippen LogP) is 3.05. The van der Waals surface area contributed by atoms with Crippen LogP contribution in [0, 0.1) is 0 Å². The highest BCUT2D eigenvalue weighted by molar-refractivity contribution is 5.94. The summed E-state index contributed by atoms with van der Waals surface area (Å²) in [6, 6.07) is 5.48. The Labute approximate surface area is 97.1 Å². The largest absolute Gasteiger partial charge is 0.392 e. The number of rotatable bonds is 3. The van der Waals surface area contributed by atoms with Crippen LogP contribution >= 0.6 is 0 Å². The van der Waals surface area contributed by atoms with E-state index in [0.717, 1.165) is 6.92 Å². The van der Waals surface area contributed by atoms with E-state index in [1.165, 1.54) is 31.2 Å². The second-order valence-corrected chi connectivity index (χ2v) is 4.20. The average molecular weight is 246 g/mol. The van der Waals surface area contributed by atoms with E-state index in [0.29, 0.717) is 5.56 Å². The van der Waals surface area contributed by atoms with E-state index in [9.17, 15) is 23.1 Å². The molecule has 0 aliphatic carbocycles. The van der Waals surface area contributed by atoms with Crippen LogP contribution in [0.5, 0.6) is 0 Å². The Bertz CT molecular complexity index is 405. The summed E-state index contributed by atoms with van der Waals surface area (Å²) in [4.78, 5) is 11.0. The van der Waals surface area contributed by atoms with E-state index in [2.05, 4.69) is 0 Å². The lowest BCUT2D eigenvalue weighted by Gasteiger charge is -2.25. The monoisotopic (exact) mass is 246 g/mol. The Hall–Kier alpha value is -1.36. The van der Waals surface area contributed by atoms with Crippen LogP contribution in [0.4, 0.5) is 13.2 Å². The lowest BCUT2D eigenvalue weighted by atomic mass is 9.91. The van der Waals surface area contributed by atoms with Gasteiger partial charge < -0.3 is 5.11 Å². The van der Waals surface area contributed by atoms with E-state index < -0.39 is 18.2 Å². The van der Waals surface area contributed by atoms with Gasteiger partial charge in [-0.15, -0.1) is 0 Å². The topological polar surface area (TPSA) is 37.3 Å². The molecule has 17 heavy (non-hydrogen) atoms. The van der Waals surface area contributed by atoms with Gasteiger partial charge in [-0.1, -0.05) is 24.3 Å². The van der Waals surface area contributed by atoms with Crippen LogP contribution in [0.25, 0.3) is 0 Å². The third kappa shape index (κ3) is 3.85. The molecule has 1 rings (SSSR count). The van der Waals surface area contributed by atoms with Gasteiger partial charge in [0.05, 0.1) is 12.0 Å². The fourth-order valence-electron chi connectivity index (χ4n) is 1.56. The zero-order valence-corrected chi connectivity index (χ0v) is 9.51. The smallest absolute Gasteiger partial charge is 0.385 e. The number of halogens is 3. The third-order valence-electron chi connectivity index (χ3n) is 2.46. The molecule has 0 aromatic heterocycles. The fourth-order valence-corrected chi connectivity index (χ4v) is 1.56. The molecule has 0 aliphatic heterocycles. The Morgan fingerprint density at radius 1 is 1.24 bits per heavy atom. The lowest BCUT2D eigenvalue weighted by Crippen LogP contribution is -2.28. The quantitative estimate of drug-likeness (QED) is 0.832. The van der Waals surface area contributed by atoms with E-state index in [4.69, 9.17) is 0 Å². The summed E-state index contributed by atoms with van der Waals surface area (Å²) in [5, 5.41) is 9.75. The first-order valence-corrected chi connectivity index (χ1v) is 5.02. The molecule has 1 aromatic carbocycles. The number of hydrogen-bond donors (Lipinski definition) is 1. The summed E-state index contributed by atoms with van der Waals surface area (Å²) in [5.74, 6) is -0.174. The molecule has 0 bridgehead atoms. The van der Waals surface area contributed by atoms with E-state index in [1.54, 1.807) is 0 Å². The normalized spacial score (nSPS) is 15.4. The zero-order valence-electron chi connectivity index (χ0n) is 9.51. The van der Waals surface area contributed by atoms with Crippen molar-refractivity contribution in [3.63, 3.8) is 0 Å². The number of carbonyl (C=O) groups excluding carboxylic acids is 1. The van der Waals surface area contributed by atoms with Gasteiger partial charge in [0.25, 0.3) is 0 Å². The molecule has 5 heteroatoms. The van der Waals surface area contributed by atoms with Gasteiger partial charge in [0.15, 0.2) is 5.78 Å². The summed E-state index contributed by atoms with van der Waals surface area (Å²) < 4.78 is 36.7. The molecule has 0 saturated carbocycles. The van der Waals surface area contributed by atoms with Crippen molar-refractivity contribution in [1.29, 1.82) is 0 Å². The van der Waals surface area contributed by atoms with Gasteiger partial charge in [0.1, 0.15) is 0 Å². The molecule has 0 saturated heterocycles. The molecular formula is C12H13F3O2. The van der Waals surface area contributed by atoms with Gasteiger partial charge in [-0.2, -0.15) is 13.2 Å². The summed E-state index contributed by atoms with van der Waals surface area (Å²) in [5.41, 5.74) is -1.44. The number of benzene rings is 1. The van der Waals surface area contributed by atoms with Crippen LogP contribution in [0.15, 0.2) is 24.3 Å². The standard InChI is InChI=1S/C12H13F3O2/c1-8(16)9-3-5-10(6-4-9)11(2,17)7-12(13,14)15/h3-6,17H,7H2,1-2H3. The number of carbonyl (C=O) groups is 1. The van der Waals surface area contributed by atoms with Crippen LogP contribution < -0.4 is 0 Å². The molecular weight excluding hydrogens is 233 g/mol. The van der Waals surface area contributed by atoms with Crippen molar-refractivity contribution in [2.24, 2.45) is 0 Å². The average Bonchev–Trinajstić information content (AvgIpc) is 2.14. The molecule has 0 radical (unpaired) electrons. The van der Waals surface area contributed by atoms with E-state index in [1.807, 2.05) is 0 Å². The van der Waals surface area contributed by atoms with E-state index in [-0.39, 0.29) is 11.3 Å². The molecule has 0 aliphatic rings. The van der Waals surface area contributed by atoms with Gasteiger partial charge in [0, 0.05) is 5.56 Å². The van der Waals surface area contributed by atoms with Crippen molar-refractivity contribution >= 4 is 5.78 Å². The minimum absolute atomic E-state index is 0.139.